The summed E-state index contributed by atoms with van der Waals surface area (Å²) in [7, 11) is 0. The second-order valence-corrected chi connectivity index (χ2v) is 8.24. The normalized spacial score (nSPS) is 27.0. The fourth-order valence-corrected chi connectivity index (χ4v) is 4.17. The van der Waals surface area contributed by atoms with E-state index in [9.17, 15) is 0 Å². The van der Waals surface area contributed by atoms with Gasteiger partial charge in [-0.25, -0.2) is 4.98 Å². The lowest BCUT2D eigenvalue weighted by Crippen LogP contribution is -2.60. The van der Waals surface area contributed by atoms with E-state index in [-0.39, 0.29) is 11.1 Å². The topological polar surface area (TPSA) is 85.1 Å². The maximum Gasteiger partial charge on any atom is 0.222 e. The molecule has 4 N–H and O–H groups in total. The largest absolute Gasteiger partial charge is 0.381 e. The van der Waals surface area contributed by atoms with Gasteiger partial charge in [0.25, 0.3) is 0 Å². The summed E-state index contributed by atoms with van der Waals surface area (Å²) in [4.78, 5) is 8.79. The lowest BCUT2D eigenvalue weighted by molar-refractivity contribution is 0.170. The lowest BCUT2D eigenvalue weighted by Gasteiger charge is -2.46. The molecule has 0 aromatic carbocycles. The third-order valence-corrected chi connectivity index (χ3v) is 4.65. The molecular formula is C17H29N5O. The molecule has 0 aliphatic carbocycles. The summed E-state index contributed by atoms with van der Waals surface area (Å²) >= 11 is 0. The average molecular weight is 319 g/mol. The van der Waals surface area contributed by atoms with Crippen LogP contribution in [0.1, 0.15) is 58.6 Å². The Morgan fingerprint density at radius 1 is 1.22 bits per heavy atom. The Hall–Kier alpha value is -1.40. The number of nitrogens with one attached hydrogen (secondary N) is 2. The van der Waals surface area contributed by atoms with Crippen LogP contribution >= 0.6 is 0 Å². The number of nitrogens with two attached hydrogens (primary N) is 1. The number of anilines is 2. The molecule has 0 spiro atoms. The first-order valence-corrected chi connectivity index (χ1v) is 8.51. The van der Waals surface area contributed by atoms with Gasteiger partial charge in [-0.1, -0.05) is 0 Å². The molecule has 6 nitrogen and oxygen atoms in total. The smallest absolute Gasteiger partial charge is 0.222 e. The van der Waals surface area contributed by atoms with E-state index >= 15 is 0 Å². The fourth-order valence-electron chi connectivity index (χ4n) is 4.17. The van der Waals surface area contributed by atoms with Gasteiger partial charge in [0.15, 0.2) is 0 Å². The van der Waals surface area contributed by atoms with Gasteiger partial charge in [0.1, 0.15) is 5.82 Å². The maximum absolute atomic E-state index is 5.92. The zero-order valence-corrected chi connectivity index (χ0v) is 14.6. The van der Waals surface area contributed by atoms with E-state index < -0.39 is 0 Å². The molecule has 0 amide bonds. The second kappa shape index (κ2) is 5.91. The van der Waals surface area contributed by atoms with E-state index in [1.165, 1.54) is 0 Å². The van der Waals surface area contributed by atoms with Crippen LogP contribution in [-0.2, 0) is 4.74 Å². The molecule has 1 atom stereocenters. The number of ether oxygens (including phenoxy) is 1. The van der Waals surface area contributed by atoms with E-state index in [2.05, 4.69) is 48.3 Å². The van der Waals surface area contributed by atoms with Crippen molar-refractivity contribution in [1.29, 1.82) is 0 Å². The Morgan fingerprint density at radius 2 is 1.91 bits per heavy atom. The number of hydrogen-bond acceptors (Lipinski definition) is 6. The van der Waals surface area contributed by atoms with Crippen LogP contribution in [0.4, 0.5) is 11.8 Å². The number of rotatable bonds is 3. The number of piperidine rings is 1. The van der Waals surface area contributed by atoms with Crippen molar-refractivity contribution < 1.29 is 4.74 Å². The van der Waals surface area contributed by atoms with Crippen LogP contribution in [0.5, 0.6) is 0 Å². The lowest BCUT2D eigenvalue weighted by atomic mass is 9.79. The van der Waals surface area contributed by atoms with Gasteiger partial charge >= 0.3 is 0 Å². The van der Waals surface area contributed by atoms with Gasteiger partial charge in [0.05, 0.1) is 12.3 Å². The maximum atomic E-state index is 5.92. The van der Waals surface area contributed by atoms with Crippen molar-refractivity contribution in [3.8, 4) is 0 Å². The SMILES string of the molecule is CC1(C)CC(Nc2cc(C3CCOC3)nc(N)n2)CC(C)(C)N1. The molecule has 1 aromatic heterocycles. The van der Waals surface area contributed by atoms with Gasteiger partial charge in [-0.05, 0) is 47.0 Å². The van der Waals surface area contributed by atoms with Crippen LogP contribution < -0.4 is 16.4 Å². The van der Waals surface area contributed by atoms with Crippen LogP contribution in [0, 0.1) is 0 Å². The van der Waals surface area contributed by atoms with E-state index in [4.69, 9.17) is 10.5 Å². The van der Waals surface area contributed by atoms with Crippen molar-refractivity contribution in [2.24, 2.45) is 0 Å². The van der Waals surface area contributed by atoms with Crippen molar-refractivity contribution in [3.63, 3.8) is 0 Å². The molecule has 2 saturated heterocycles. The van der Waals surface area contributed by atoms with Gasteiger partial charge in [0.2, 0.25) is 5.95 Å². The number of nitrogen functional groups attached to an aromatic ring is 1. The Morgan fingerprint density at radius 3 is 2.52 bits per heavy atom. The first-order chi connectivity index (χ1) is 10.7. The molecule has 2 fully saturated rings. The van der Waals surface area contributed by atoms with Crippen LogP contribution in [0.3, 0.4) is 0 Å². The number of aromatic nitrogens is 2. The molecular weight excluding hydrogens is 290 g/mol. The summed E-state index contributed by atoms with van der Waals surface area (Å²) in [6.07, 6.45) is 3.09. The molecule has 3 rings (SSSR count). The summed E-state index contributed by atoms with van der Waals surface area (Å²) in [6, 6.07) is 2.40. The molecule has 6 heteroatoms. The summed E-state index contributed by atoms with van der Waals surface area (Å²) in [5.74, 6) is 1.50. The van der Waals surface area contributed by atoms with Crippen LogP contribution in [0.15, 0.2) is 6.07 Å². The van der Waals surface area contributed by atoms with E-state index in [1.54, 1.807) is 0 Å². The first-order valence-electron chi connectivity index (χ1n) is 8.51. The predicted molar refractivity (Wildman–Crippen MR) is 92.6 cm³/mol. The minimum absolute atomic E-state index is 0.0973. The Kier molecular flexibility index (Phi) is 4.23. The highest BCUT2D eigenvalue weighted by atomic mass is 16.5. The Balaban J connectivity index is 1.76. The monoisotopic (exact) mass is 319 g/mol. The van der Waals surface area contributed by atoms with Gasteiger partial charge in [-0.15, -0.1) is 0 Å². The molecule has 0 saturated carbocycles. The summed E-state index contributed by atoms with van der Waals surface area (Å²) in [5.41, 5.74) is 7.11. The standard InChI is InChI=1S/C17H29N5O/c1-16(2)8-12(9-17(3,4)22-16)19-14-7-13(20-15(18)21-14)11-5-6-23-10-11/h7,11-12,22H,5-6,8-10H2,1-4H3,(H3,18,19,20,21). The van der Waals surface area contributed by atoms with Crippen molar-refractivity contribution in [2.45, 2.75) is 70.0 Å². The molecule has 1 unspecified atom stereocenters. The molecule has 128 valence electrons. The fraction of sp³-hybridized carbons (Fsp3) is 0.765. The van der Waals surface area contributed by atoms with Gasteiger partial charge < -0.3 is 21.1 Å². The van der Waals surface area contributed by atoms with Gasteiger partial charge in [-0.2, -0.15) is 4.98 Å². The van der Waals surface area contributed by atoms with Crippen molar-refractivity contribution in [2.75, 3.05) is 24.3 Å². The van der Waals surface area contributed by atoms with Crippen LogP contribution in [-0.4, -0.2) is 40.3 Å². The highest BCUT2D eigenvalue weighted by molar-refractivity contribution is 5.43. The third kappa shape index (κ3) is 4.12. The zero-order valence-electron chi connectivity index (χ0n) is 14.6. The van der Waals surface area contributed by atoms with Crippen molar-refractivity contribution in [1.82, 2.24) is 15.3 Å². The van der Waals surface area contributed by atoms with Crippen LogP contribution in [0.2, 0.25) is 0 Å². The average Bonchev–Trinajstić information content (AvgIpc) is 2.87. The minimum atomic E-state index is 0.0973. The summed E-state index contributed by atoms with van der Waals surface area (Å²) < 4.78 is 5.47. The third-order valence-electron chi connectivity index (χ3n) is 4.65. The zero-order chi connectivity index (χ0) is 16.7. The Bertz CT molecular complexity index is 550. The summed E-state index contributed by atoms with van der Waals surface area (Å²) in [5, 5.41) is 7.29. The Labute approximate surface area is 138 Å². The number of hydrogen-bond donors (Lipinski definition) is 3. The molecule has 2 aliphatic rings. The number of nitrogens with zero attached hydrogens (tertiary/aromatic N) is 2. The van der Waals surface area contributed by atoms with Crippen LogP contribution in [0.25, 0.3) is 0 Å². The van der Waals surface area contributed by atoms with Crippen molar-refractivity contribution in [3.05, 3.63) is 11.8 Å². The first kappa shape index (κ1) is 16.5. The predicted octanol–water partition coefficient (Wildman–Crippen LogP) is 2.28. The highest BCUT2D eigenvalue weighted by Crippen LogP contribution is 2.31. The summed E-state index contributed by atoms with van der Waals surface area (Å²) in [6.45, 7) is 10.5. The minimum Gasteiger partial charge on any atom is -0.381 e. The molecule has 0 radical (unpaired) electrons. The van der Waals surface area contributed by atoms with Gasteiger partial charge in [-0.3, -0.25) is 0 Å². The molecule has 1 aromatic rings. The molecule has 3 heterocycles. The van der Waals surface area contributed by atoms with E-state index in [0.717, 1.165) is 44.0 Å². The molecule has 0 bridgehead atoms. The van der Waals surface area contributed by atoms with E-state index in [0.29, 0.717) is 17.9 Å². The van der Waals surface area contributed by atoms with Crippen molar-refractivity contribution >= 4 is 11.8 Å². The highest BCUT2D eigenvalue weighted by Gasteiger charge is 2.37. The van der Waals surface area contributed by atoms with Gasteiger partial charge in [0, 0.05) is 35.7 Å². The van der Waals surface area contributed by atoms with E-state index in [1.807, 2.05) is 6.07 Å². The molecule has 2 aliphatic heterocycles. The quantitative estimate of drug-likeness (QED) is 0.792. The second-order valence-electron chi connectivity index (χ2n) is 8.24. The molecule has 23 heavy (non-hydrogen) atoms.